The van der Waals surface area contributed by atoms with Gasteiger partial charge in [-0.25, -0.2) is 8.42 Å². The molecular formula is C19H22Cl2N2O3S. The van der Waals surface area contributed by atoms with Crippen molar-refractivity contribution in [3.8, 4) is 5.75 Å². The first-order chi connectivity index (χ1) is 12.7. The minimum Gasteiger partial charge on any atom is -0.495 e. The summed E-state index contributed by atoms with van der Waals surface area (Å²) in [6.45, 7) is 5.69. The molecule has 0 N–H and O–H groups in total. The largest absolute Gasteiger partial charge is 0.495 e. The molecule has 1 saturated heterocycles. The summed E-state index contributed by atoms with van der Waals surface area (Å²) >= 11 is 12.4. The molecule has 0 atom stereocenters. The molecule has 0 bridgehead atoms. The van der Waals surface area contributed by atoms with Gasteiger partial charge in [0.2, 0.25) is 10.0 Å². The van der Waals surface area contributed by atoms with Gasteiger partial charge in [0.1, 0.15) is 10.6 Å². The Morgan fingerprint density at radius 2 is 1.56 bits per heavy atom. The lowest BCUT2D eigenvalue weighted by molar-refractivity contribution is 0.374. The van der Waals surface area contributed by atoms with Crippen molar-refractivity contribution in [3.05, 3.63) is 51.5 Å². The van der Waals surface area contributed by atoms with Gasteiger partial charge >= 0.3 is 0 Å². The van der Waals surface area contributed by atoms with Crippen molar-refractivity contribution in [1.29, 1.82) is 0 Å². The zero-order valence-corrected chi connectivity index (χ0v) is 17.8. The highest BCUT2D eigenvalue weighted by Gasteiger charge is 2.31. The van der Waals surface area contributed by atoms with Crippen molar-refractivity contribution in [2.75, 3.05) is 38.2 Å². The summed E-state index contributed by atoms with van der Waals surface area (Å²) < 4.78 is 33.0. The number of methoxy groups -OCH3 is 1. The van der Waals surface area contributed by atoms with Gasteiger partial charge in [0.15, 0.2) is 0 Å². The molecule has 0 aliphatic carbocycles. The number of piperazine rings is 1. The first kappa shape index (κ1) is 20.3. The maximum absolute atomic E-state index is 13.1. The summed E-state index contributed by atoms with van der Waals surface area (Å²) in [7, 11) is -2.23. The van der Waals surface area contributed by atoms with E-state index < -0.39 is 10.0 Å². The van der Waals surface area contributed by atoms with E-state index >= 15 is 0 Å². The normalized spacial score (nSPS) is 15.8. The molecule has 5 nitrogen and oxygen atoms in total. The molecule has 1 heterocycles. The Hall–Kier alpha value is -1.47. The number of nitrogens with zero attached hydrogens (tertiary/aromatic N) is 2. The predicted molar refractivity (Wildman–Crippen MR) is 110 cm³/mol. The number of anilines is 1. The number of aryl methyl sites for hydroxylation is 2. The van der Waals surface area contributed by atoms with Crippen LogP contribution in [0.25, 0.3) is 0 Å². The first-order valence-corrected chi connectivity index (χ1v) is 10.8. The van der Waals surface area contributed by atoms with Crippen LogP contribution >= 0.6 is 23.2 Å². The Balaban J connectivity index is 1.81. The summed E-state index contributed by atoms with van der Waals surface area (Å²) in [6, 6.07) is 9.02. The van der Waals surface area contributed by atoms with E-state index in [2.05, 4.69) is 4.90 Å². The maximum Gasteiger partial charge on any atom is 0.246 e. The number of rotatable bonds is 4. The molecule has 0 unspecified atom stereocenters. The van der Waals surface area contributed by atoms with Crippen LogP contribution in [0.1, 0.15) is 11.1 Å². The van der Waals surface area contributed by atoms with Crippen LogP contribution in [0.5, 0.6) is 5.75 Å². The average molecular weight is 429 g/mol. The molecule has 0 saturated carbocycles. The van der Waals surface area contributed by atoms with Gasteiger partial charge < -0.3 is 9.64 Å². The van der Waals surface area contributed by atoms with E-state index in [1.165, 1.54) is 17.5 Å². The lowest BCUT2D eigenvalue weighted by Crippen LogP contribution is -2.48. The predicted octanol–water partition coefficient (Wildman–Crippen LogP) is 4.13. The summed E-state index contributed by atoms with van der Waals surface area (Å²) in [4.78, 5) is 2.24. The Morgan fingerprint density at radius 3 is 2.15 bits per heavy atom. The number of halogens is 2. The monoisotopic (exact) mass is 428 g/mol. The number of ether oxygens (including phenoxy) is 1. The summed E-state index contributed by atoms with van der Waals surface area (Å²) in [5.74, 6) is 0.310. The minimum absolute atomic E-state index is 0.104. The number of hydrogen-bond acceptors (Lipinski definition) is 4. The van der Waals surface area contributed by atoms with E-state index in [1.54, 1.807) is 6.07 Å². The van der Waals surface area contributed by atoms with Crippen molar-refractivity contribution >= 4 is 38.9 Å². The van der Waals surface area contributed by atoms with Crippen LogP contribution in [0.15, 0.2) is 35.2 Å². The van der Waals surface area contributed by atoms with E-state index in [-0.39, 0.29) is 4.90 Å². The number of benzene rings is 2. The third-order valence-electron chi connectivity index (χ3n) is 4.82. The molecule has 27 heavy (non-hydrogen) atoms. The zero-order valence-electron chi connectivity index (χ0n) is 15.5. The zero-order chi connectivity index (χ0) is 19.8. The summed E-state index contributed by atoms with van der Waals surface area (Å²) in [5.41, 5.74) is 2.79. The highest BCUT2D eigenvalue weighted by molar-refractivity contribution is 7.89. The Morgan fingerprint density at radius 1 is 0.926 bits per heavy atom. The number of hydrogen-bond donors (Lipinski definition) is 0. The highest BCUT2D eigenvalue weighted by Crippen LogP contribution is 2.33. The molecule has 0 spiro atoms. The van der Waals surface area contributed by atoms with Gasteiger partial charge in [-0.15, -0.1) is 0 Å². The van der Waals surface area contributed by atoms with Gasteiger partial charge in [-0.05, 0) is 49.2 Å². The summed E-state index contributed by atoms with van der Waals surface area (Å²) in [6.07, 6.45) is 0. The van der Waals surface area contributed by atoms with Crippen LogP contribution in [0.3, 0.4) is 0 Å². The maximum atomic E-state index is 13.1. The van der Waals surface area contributed by atoms with Crippen LogP contribution in [0.2, 0.25) is 10.0 Å². The third kappa shape index (κ3) is 4.04. The van der Waals surface area contributed by atoms with E-state index in [1.807, 2.05) is 32.0 Å². The van der Waals surface area contributed by atoms with E-state index in [0.717, 1.165) is 16.8 Å². The second-order valence-corrected chi connectivity index (χ2v) is 9.30. The molecule has 0 aromatic heterocycles. The van der Waals surface area contributed by atoms with E-state index in [0.29, 0.717) is 42.0 Å². The topological polar surface area (TPSA) is 49.9 Å². The first-order valence-electron chi connectivity index (χ1n) is 8.59. The quantitative estimate of drug-likeness (QED) is 0.734. The van der Waals surface area contributed by atoms with Gasteiger partial charge in [0.25, 0.3) is 0 Å². The average Bonchev–Trinajstić information content (AvgIpc) is 2.65. The second kappa shape index (κ2) is 7.87. The van der Waals surface area contributed by atoms with Crippen LogP contribution in [-0.4, -0.2) is 46.0 Å². The van der Waals surface area contributed by atoms with Crippen molar-refractivity contribution < 1.29 is 13.2 Å². The standard InChI is InChI=1S/C19H22Cl2N2O3S/c1-13-4-5-15(11-16(13)20)22-6-8-23(9-7-22)27(24,25)19-12-17(21)14(2)10-18(19)26-3/h4-5,10-12H,6-9H2,1-3H3. The minimum atomic E-state index is -3.69. The SMILES string of the molecule is COc1cc(C)c(Cl)cc1S(=O)(=O)N1CCN(c2ccc(C)c(Cl)c2)CC1. The smallest absolute Gasteiger partial charge is 0.246 e. The Kier molecular flexibility index (Phi) is 5.91. The highest BCUT2D eigenvalue weighted by atomic mass is 35.5. The van der Waals surface area contributed by atoms with Crippen LogP contribution < -0.4 is 9.64 Å². The fourth-order valence-electron chi connectivity index (χ4n) is 3.10. The lowest BCUT2D eigenvalue weighted by atomic mass is 10.2. The van der Waals surface area contributed by atoms with E-state index in [4.69, 9.17) is 27.9 Å². The third-order valence-corrected chi connectivity index (χ3v) is 7.56. The molecule has 8 heteroatoms. The van der Waals surface area contributed by atoms with Gasteiger partial charge in [-0.3, -0.25) is 0 Å². The van der Waals surface area contributed by atoms with E-state index in [9.17, 15) is 8.42 Å². The Labute approximate surface area is 170 Å². The number of sulfonamides is 1. The molecule has 2 aromatic rings. The van der Waals surface area contributed by atoms with Gasteiger partial charge in [-0.2, -0.15) is 4.31 Å². The molecular weight excluding hydrogens is 407 g/mol. The molecule has 1 aliphatic rings. The molecule has 1 aliphatic heterocycles. The molecule has 2 aromatic carbocycles. The van der Waals surface area contributed by atoms with Gasteiger partial charge in [0, 0.05) is 41.9 Å². The van der Waals surface area contributed by atoms with Crippen molar-refractivity contribution in [2.24, 2.45) is 0 Å². The molecule has 3 rings (SSSR count). The molecule has 0 amide bonds. The van der Waals surface area contributed by atoms with Crippen molar-refractivity contribution in [3.63, 3.8) is 0 Å². The summed E-state index contributed by atoms with van der Waals surface area (Å²) in [5, 5.41) is 1.11. The molecule has 0 radical (unpaired) electrons. The molecule has 1 fully saturated rings. The van der Waals surface area contributed by atoms with Gasteiger partial charge in [0.05, 0.1) is 7.11 Å². The van der Waals surface area contributed by atoms with Crippen LogP contribution in [0, 0.1) is 13.8 Å². The lowest BCUT2D eigenvalue weighted by Gasteiger charge is -2.35. The van der Waals surface area contributed by atoms with Crippen molar-refractivity contribution in [2.45, 2.75) is 18.7 Å². The van der Waals surface area contributed by atoms with Crippen LogP contribution in [-0.2, 0) is 10.0 Å². The Bertz CT molecular complexity index is 956. The fraction of sp³-hybridized carbons (Fsp3) is 0.368. The van der Waals surface area contributed by atoms with Gasteiger partial charge in [-0.1, -0.05) is 29.3 Å². The fourth-order valence-corrected chi connectivity index (χ4v) is 5.09. The second-order valence-electron chi connectivity index (χ2n) is 6.58. The molecule has 146 valence electrons. The van der Waals surface area contributed by atoms with Crippen molar-refractivity contribution in [1.82, 2.24) is 4.31 Å². The van der Waals surface area contributed by atoms with Crippen LogP contribution in [0.4, 0.5) is 5.69 Å².